The van der Waals surface area contributed by atoms with Crippen LogP contribution >= 0.6 is 0 Å². The van der Waals surface area contributed by atoms with Crippen LogP contribution in [0.15, 0.2) is 24.3 Å². The molecule has 1 aromatic carbocycles. The molecule has 1 aromatic rings. The van der Waals surface area contributed by atoms with Gasteiger partial charge in [-0.15, -0.1) is 0 Å². The summed E-state index contributed by atoms with van der Waals surface area (Å²) in [4.78, 5) is 0. The third-order valence-electron chi connectivity index (χ3n) is 3.18. The van der Waals surface area contributed by atoms with Gasteiger partial charge in [0.05, 0.1) is 0 Å². The van der Waals surface area contributed by atoms with E-state index in [0.717, 1.165) is 31.2 Å². The summed E-state index contributed by atoms with van der Waals surface area (Å²) >= 11 is 0. The second-order valence-corrected chi connectivity index (χ2v) is 4.54. The minimum atomic E-state index is -0.200. The first kappa shape index (κ1) is 14.1. The summed E-state index contributed by atoms with van der Waals surface area (Å²) in [5.41, 5.74) is 3.79. The Kier molecular flexibility index (Phi) is 6.16. The second kappa shape index (κ2) is 7.41. The first-order valence-corrected chi connectivity index (χ1v) is 6.44. The van der Waals surface area contributed by atoms with Crippen LogP contribution in [0.5, 0.6) is 0 Å². The molecule has 0 spiro atoms. The summed E-state index contributed by atoms with van der Waals surface area (Å²) < 4.78 is 13.2. The molecule has 96 valence electrons. The molecule has 0 saturated heterocycles. The molecule has 17 heavy (non-hydrogen) atoms. The topological polar surface area (TPSA) is 38.0 Å². The Bertz CT molecular complexity index is 322. The SMILES string of the molecule is CCCC(CCC)C(NN)c1cccc(F)c1. The Morgan fingerprint density at radius 1 is 1.24 bits per heavy atom. The molecular formula is C14H23FN2. The zero-order valence-corrected chi connectivity index (χ0v) is 10.7. The highest BCUT2D eigenvalue weighted by molar-refractivity contribution is 5.20. The van der Waals surface area contributed by atoms with Crippen molar-refractivity contribution in [2.45, 2.75) is 45.6 Å². The van der Waals surface area contributed by atoms with E-state index in [1.165, 1.54) is 6.07 Å². The van der Waals surface area contributed by atoms with Gasteiger partial charge in [0.1, 0.15) is 5.82 Å². The molecule has 1 unspecified atom stereocenters. The Morgan fingerprint density at radius 3 is 2.35 bits per heavy atom. The Labute approximate surface area is 103 Å². The lowest BCUT2D eigenvalue weighted by molar-refractivity contribution is 0.318. The fourth-order valence-corrected chi connectivity index (χ4v) is 2.42. The normalized spacial score (nSPS) is 13.0. The highest BCUT2D eigenvalue weighted by Crippen LogP contribution is 2.29. The summed E-state index contributed by atoms with van der Waals surface area (Å²) in [6.45, 7) is 4.34. The maximum absolute atomic E-state index is 13.2. The van der Waals surface area contributed by atoms with Crippen LogP contribution in [-0.2, 0) is 0 Å². The van der Waals surface area contributed by atoms with E-state index in [2.05, 4.69) is 19.3 Å². The average molecular weight is 238 g/mol. The monoisotopic (exact) mass is 238 g/mol. The highest BCUT2D eigenvalue weighted by Gasteiger charge is 2.20. The maximum Gasteiger partial charge on any atom is 0.123 e. The van der Waals surface area contributed by atoms with Crippen LogP contribution in [0.25, 0.3) is 0 Å². The average Bonchev–Trinajstić information content (AvgIpc) is 2.31. The third kappa shape index (κ3) is 4.10. The van der Waals surface area contributed by atoms with Gasteiger partial charge in [-0.1, -0.05) is 38.8 Å². The standard InChI is InChI=1S/C14H23FN2/c1-3-6-11(7-4-2)14(17-16)12-8-5-9-13(15)10-12/h5,8-11,14,17H,3-4,6-7,16H2,1-2H3. The van der Waals surface area contributed by atoms with Crippen molar-refractivity contribution in [2.75, 3.05) is 0 Å². The molecular weight excluding hydrogens is 215 g/mol. The molecule has 2 nitrogen and oxygen atoms in total. The van der Waals surface area contributed by atoms with Gasteiger partial charge in [0.2, 0.25) is 0 Å². The molecule has 3 heteroatoms. The predicted molar refractivity (Wildman–Crippen MR) is 69.8 cm³/mol. The summed E-state index contributed by atoms with van der Waals surface area (Å²) in [7, 11) is 0. The first-order chi connectivity index (χ1) is 8.22. The molecule has 1 atom stereocenters. The largest absolute Gasteiger partial charge is 0.271 e. The lowest BCUT2D eigenvalue weighted by Crippen LogP contribution is -2.33. The van der Waals surface area contributed by atoms with Gasteiger partial charge in [-0.3, -0.25) is 11.3 Å². The van der Waals surface area contributed by atoms with Crippen LogP contribution in [0.3, 0.4) is 0 Å². The summed E-state index contributed by atoms with van der Waals surface area (Å²) in [6.07, 6.45) is 4.47. The lowest BCUT2D eigenvalue weighted by Gasteiger charge is -2.26. The number of hydrazine groups is 1. The molecule has 0 bridgehead atoms. The van der Waals surface area contributed by atoms with Gasteiger partial charge in [-0.25, -0.2) is 4.39 Å². The fourth-order valence-electron chi connectivity index (χ4n) is 2.42. The molecule has 0 amide bonds. The molecule has 0 aromatic heterocycles. The van der Waals surface area contributed by atoms with Crippen LogP contribution in [0.2, 0.25) is 0 Å². The van der Waals surface area contributed by atoms with Crippen molar-refractivity contribution >= 4 is 0 Å². The van der Waals surface area contributed by atoms with Gasteiger partial charge in [-0.2, -0.15) is 0 Å². The fraction of sp³-hybridized carbons (Fsp3) is 0.571. The van der Waals surface area contributed by atoms with Crippen molar-refractivity contribution in [2.24, 2.45) is 11.8 Å². The molecule has 3 N–H and O–H groups in total. The number of benzene rings is 1. The number of nitrogens with one attached hydrogen (secondary N) is 1. The van der Waals surface area contributed by atoms with Crippen LogP contribution in [0.4, 0.5) is 4.39 Å². The predicted octanol–water partition coefficient (Wildman–Crippen LogP) is 3.55. The van der Waals surface area contributed by atoms with Gasteiger partial charge in [0.25, 0.3) is 0 Å². The van der Waals surface area contributed by atoms with Crippen LogP contribution < -0.4 is 11.3 Å². The maximum atomic E-state index is 13.2. The van der Waals surface area contributed by atoms with Crippen molar-refractivity contribution in [3.8, 4) is 0 Å². The van der Waals surface area contributed by atoms with Crippen LogP contribution in [0.1, 0.15) is 51.1 Å². The van der Waals surface area contributed by atoms with Crippen LogP contribution in [-0.4, -0.2) is 0 Å². The van der Waals surface area contributed by atoms with E-state index in [0.29, 0.717) is 5.92 Å². The van der Waals surface area contributed by atoms with Gasteiger partial charge < -0.3 is 0 Å². The van der Waals surface area contributed by atoms with E-state index < -0.39 is 0 Å². The second-order valence-electron chi connectivity index (χ2n) is 4.54. The molecule has 0 aliphatic carbocycles. The smallest absolute Gasteiger partial charge is 0.123 e. The molecule has 0 saturated carbocycles. The Balaban J connectivity index is 2.87. The van der Waals surface area contributed by atoms with Crippen molar-refractivity contribution in [1.29, 1.82) is 0 Å². The zero-order valence-electron chi connectivity index (χ0n) is 10.7. The molecule has 1 rings (SSSR count). The van der Waals surface area contributed by atoms with Crippen molar-refractivity contribution in [1.82, 2.24) is 5.43 Å². The van der Waals surface area contributed by atoms with Gasteiger partial charge in [0, 0.05) is 6.04 Å². The Hall–Kier alpha value is -0.930. The molecule has 0 heterocycles. The summed E-state index contributed by atoms with van der Waals surface area (Å²) in [6, 6.07) is 6.76. The van der Waals surface area contributed by atoms with E-state index in [1.54, 1.807) is 12.1 Å². The van der Waals surface area contributed by atoms with E-state index in [4.69, 9.17) is 5.84 Å². The summed E-state index contributed by atoms with van der Waals surface area (Å²) in [5, 5.41) is 0. The lowest BCUT2D eigenvalue weighted by atomic mass is 9.86. The van der Waals surface area contributed by atoms with E-state index in [-0.39, 0.29) is 11.9 Å². The first-order valence-electron chi connectivity index (χ1n) is 6.44. The van der Waals surface area contributed by atoms with Crippen LogP contribution in [0, 0.1) is 11.7 Å². The molecule has 0 fully saturated rings. The summed E-state index contributed by atoms with van der Waals surface area (Å²) in [5.74, 6) is 5.91. The van der Waals surface area contributed by atoms with Gasteiger partial charge >= 0.3 is 0 Å². The van der Waals surface area contributed by atoms with E-state index in [1.807, 2.05) is 6.07 Å². The number of hydrogen-bond acceptors (Lipinski definition) is 2. The number of rotatable bonds is 7. The minimum Gasteiger partial charge on any atom is -0.271 e. The van der Waals surface area contributed by atoms with Gasteiger partial charge in [0.15, 0.2) is 0 Å². The highest BCUT2D eigenvalue weighted by atomic mass is 19.1. The van der Waals surface area contributed by atoms with E-state index >= 15 is 0 Å². The number of halogens is 1. The Morgan fingerprint density at radius 2 is 1.88 bits per heavy atom. The van der Waals surface area contributed by atoms with Gasteiger partial charge in [-0.05, 0) is 36.5 Å². The molecule has 0 aliphatic rings. The third-order valence-corrected chi connectivity index (χ3v) is 3.18. The number of nitrogens with two attached hydrogens (primary N) is 1. The molecule has 0 aliphatic heterocycles. The van der Waals surface area contributed by atoms with Crippen molar-refractivity contribution in [3.63, 3.8) is 0 Å². The van der Waals surface area contributed by atoms with Crippen molar-refractivity contribution in [3.05, 3.63) is 35.6 Å². The quantitative estimate of drug-likeness (QED) is 0.563. The zero-order chi connectivity index (χ0) is 12.7. The van der Waals surface area contributed by atoms with Crippen molar-refractivity contribution < 1.29 is 4.39 Å². The molecule has 0 radical (unpaired) electrons. The number of hydrogen-bond donors (Lipinski definition) is 2. The minimum absolute atomic E-state index is 0.0469. The van der Waals surface area contributed by atoms with E-state index in [9.17, 15) is 4.39 Å².